The maximum absolute atomic E-state index is 4.83. The summed E-state index contributed by atoms with van der Waals surface area (Å²) < 4.78 is 1.93. The van der Waals surface area contributed by atoms with E-state index in [0.717, 1.165) is 41.1 Å². The molecule has 130 valence electrons. The third-order valence-electron chi connectivity index (χ3n) is 4.96. The van der Waals surface area contributed by atoms with Crippen LogP contribution in [0.25, 0.3) is 5.52 Å². The van der Waals surface area contributed by atoms with Gasteiger partial charge >= 0.3 is 0 Å². The third-order valence-corrected chi connectivity index (χ3v) is 4.96. The number of hydrogen-bond donors (Lipinski definition) is 1. The quantitative estimate of drug-likeness (QED) is 0.604. The number of rotatable bonds is 2. The molecule has 0 unspecified atom stereocenters. The Labute approximate surface area is 150 Å². The van der Waals surface area contributed by atoms with Crippen LogP contribution < -0.4 is 4.90 Å². The summed E-state index contributed by atoms with van der Waals surface area (Å²) in [5.74, 6) is 0.711. The van der Waals surface area contributed by atoms with E-state index in [1.165, 1.54) is 5.56 Å². The lowest BCUT2D eigenvalue weighted by atomic mass is 10.00. The minimum absolute atomic E-state index is 0.105. The monoisotopic (exact) mass is 345 g/mol. The van der Waals surface area contributed by atoms with E-state index in [-0.39, 0.29) is 6.04 Å². The molecule has 5 heterocycles. The Kier molecular flexibility index (Phi) is 3.28. The molecule has 5 rings (SSSR count). The van der Waals surface area contributed by atoms with Crippen LogP contribution in [-0.2, 0) is 6.42 Å². The standard InChI is InChI=1S/C19H19N7/c1-12-9-20-19(21-10-12)25-7-5-14-17(23-11-22-14)18(25)15-8-16-13(2)4-3-6-26(16)24-15/h3-4,6,8-11,18H,5,7H2,1-2H3,(H,22,23)/t18-/m0/s1. The highest BCUT2D eigenvalue weighted by Gasteiger charge is 2.34. The number of nitrogens with zero attached hydrogens (tertiary/aromatic N) is 6. The summed E-state index contributed by atoms with van der Waals surface area (Å²) in [6.45, 7) is 4.91. The van der Waals surface area contributed by atoms with Crippen LogP contribution in [0.2, 0.25) is 0 Å². The summed E-state index contributed by atoms with van der Waals surface area (Å²) >= 11 is 0. The van der Waals surface area contributed by atoms with Gasteiger partial charge in [-0.05, 0) is 37.1 Å². The van der Waals surface area contributed by atoms with E-state index in [0.29, 0.717) is 5.95 Å². The van der Waals surface area contributed by atoms with Crippen LogP contribution in [0.1, 0.15) is 34.3 Å². The fourth-order valence-corrected chi connectivity index (χ4v) is 3.64. The Hall–Kier alpha value is -3.22. The Balaban J connectivity index is 1.68. The molecule has 0 fully saturated rings. The second-order valence-corrected chi connectivity index (χ2v) is 6.76. The van der Waals surface area contributed by atoms with Crippen molar-refractivity contribution in [3.8, 4) is 0 Å². The molecule has 0 saturated heterocycles. The molecule has 4 aromatic rings. The zero-order valence-corrected chi connectivity index (χ0v) is 14.7. The summed E-state index contributed by atoms with van der Waals surface area (Å²) in [5, 5.41) is 4.83. The SMILES string of the molecule is Cc1cnc(N2CCc3[nH]cnc3[C@@H]2c2cc3c(C)cccn3n2)nc1. The van der Waals surface area contributed by atoms with Crippen LogP contribution in [-0.4, -0.2) is 36.1 Å². The van der Waals surface area contributed by atoms with E-state index in [9.17, 15) is 0 Å². The van der Waals surface area contributed by atoms with Crippen LogP contribution in [0, 0.1) is 13.8 Å². The zero-order valence-electron chi connectivity index (χ0n) is 14.7. The van der Waals surface area contributed by atoms with E-state index in [1.807, 2.05) is 36.1 Å². The van der Waals surface area contributed by atoms with Crippen LogP contribution in [0.4, 0.5) is 5.95 Å². The number of anilines is 1. The summed E-state index contributed by atoms with van der Waals surface area (Å²) in [6, 6.07) is 6.15. The van der Waals surface area contributed by atoms with Gasteiger partial charge < -0.3 is 9.88 Å². The largest absolute Gasteiger partial charge is 0.348 e. The maximum Gasteiger partial charge on any atom is 0.226 e. The van der Waals surface area contributed by atoms with Gasteiger partial charge in [-0.15, -0.1) is 0 Å². The Morgan fingerprint density at radius 1 is 1.15 bits per heavy atom. The molecule has 0 aromatic carbocycles. The highest BCUT2D eigenvalue weighted by molar-refractivity contribution is 5.57. The van der Waals surface area contributed by atoms with Crippen molar-refractivity contribution >= 4 is 11.5 Å². The first-order valence-corrected chi connectivity index (χ1v) is 8.73. The van der Waals surface area contributed by atoms with Gasteiger partial charge in [0.15, 0.2) is 0 Å². The molecule has 0 aliphatic carbocycles. The molecule has 0 bridgehead atoms. The van der Waals surface area contributed by atoms with Crippen LogP contribution in [0.5, 0.6) is 0 Å². The maximum atomic E-state index is 4.83. The Morgan fingerprint density at radius 3 is 2.81 bits per heavy atom. The van der Waals surface area contributed by atoms with E-state index < -0.39 is 0 Å². The molecule has 1 aliphatic rings. The number of aromatic nitrogens is 6. The molecule has 7 nitrogen and oxygen atoms in total. The number of nitrogens with one attached hydrogen (secondary N) is 1. The average Bonchev–Trinajstić information content (AvgIpc) is 3.29. The van der Waals surface area contributed by atoms with Crippen LogP contribution in [0.3, 0.4) is 0 Å². The zero-order chi connectivity index (χ0) is 17.7. The highest BCUT2D eigenvalue weighted by Crippen LogP contribution is 2.35. The van der Waals surface area contributed by atoms with Crippen molar-refractivity contribution in [1.29, 1.82) is 0 Å². The van der Waals surface area contributed by atoms with E-state index in [4.69, 9.17) is 5.10 Å². The molecule has 0 radical (unpaired) electrons. The normalized spacial score (nSPS) is 16.8. The summed E-state index contributed by atoms with van der Waals surface area (Å²) in [4.78, 5) is 19.2. The summed E-state index contributed by atoms with van der Waals surface area (Å²) in [6.07, 6.45) is 8.33. The minimum Gasteiger partial charge on any atom is -0.348 e. The second-order valence-electron chi connectivity index (χ2n) is 6.76. The van der Waals surface area contributed by atoms with Crippen LogP contribution in [0.15, 0.2) is 43.1 Å². The number of hydrogen-bond acceptors (Lipinski definition) is 5. The van der Waals surface area contributed by atoms with E-state index in [1.54, 1.807) is 6.33 Å². The van der Waals surface area contributed by atoms with Gasteiger partial charge in [0.1, 0.15) is 6.04 Å². The first-order valence-electron chi connectivity index (χ1n) is 8.73. The van der Waals surface area contributed by atoms with Gasteiger partial charge in [-0.25, -0.2) is 19.5 Å². The second kappa shape index (κ2) is 5.66. The smallest absolute Gasteiger partial charge is 0.226 e. The van der Waals surface area contributed by atoms with Crippen molar-refractivity contribution in [2.75, 3.05) is 11.4 Å². The average molecular weight is 345 g/mol. The molecule has 0 spiro atoms. The Morgan fingerprint density at radius 2 is 2.00 bits per heavy atom. The number of pyridine rings is 1. The Bertz CT molecular complexity index is 1080. The first kappa shape index (κ1) is 15.1. The predicted octanol–water partition coefficient (Wildman–Crippen LogP) is 2.62. The lowest BCUT2D eigenvalue weighted by molar-refractivity contribution is 0.602. The molecular weight excluding hydrogens is 326 g/mol. The highest BCUT2D eigenvalue weighted by atomic mass is 15.3. The molecule has 0 amide bonds. The first-order chi connectivity index (χ1) is 12.7. The third kappa shape index (κ3) is 2.28. The molecule has 0 saturated carbocycles. The molecule has 7 heteroatoms. The van der Waals surface area contributed by atoms with Crippen molar-refractivity contribution in [3.05, 3.63) is 71.3 Å². The minimum atomic E-state index is -0.105. The predicted molar refractivity (Wildman–Crippen MR) is 98.2 cm³/mol. The molecule has 26 heavy (non-hydrogen) atoms. The summed E-state index contributed by atoms with van der Waals surface area (Å²) in [7, 11) is 0. The molecule has 1 N–H and O–H groups in total. The van der Waals surface area contributed by atoms with Gasteiger partial charge in [0.2, 0.25) is 5.95 Å². The topological polar surface area (TPSA) is 75.0 Å². The van der Waals surface area contributed by atoms with E-state index in [2.05, 4.69) is 43.9 Å². The molecule has 4 aromatic heterocycles. The van der Waals surface area contributed by atoms with Crippen molar-refractivity contribution in [2.45, 2.75) is 26.3 Å². The van der Waals surface area contributed by atoms with Gasteiger partial charge in [-0.2, -0.15) is 5.10 Å². The lowest BCUT2D eigenvalue weighted by Crippen LogP contribution is -2.37. The summed E-state index contributed by atoms with van der Waals surface area (Å²) in [5.41, 5.74) is 6.47. The number of fused-ring (bicyclic) bond motifs is 2. The van der Waals surface area contributed by atoms with Crippen molar-refractivity contribution in [3.63, 3.8) is 0 Å². The molecular formula is C19H19N7. The van der Waals surface area contributed by atoms with Gasteiger partial charge in [0, 0.05) is 37.3 Å². The van der Waals surface area contributed by atoms with E-state index >= 15 is 0 Å². The van der Waals surface area contributed by atoms with Crippen molar-refractivity contribution < 1.29 is 0 Å². The molecule has 1 aliphatic heterocycles. The number of imidazole rings is 1. The van der Waals surface area contributed by atoms with Gasteiger partial charge in [-0.1, -0.05) is 6.07 Å². The fraction of sp³-hybridized carbons (Fsp3) is 0.263. The fourth-order valence-electron chi connectivity index (χ4n) is 3.64. The van der Waals surface area contributed by atoms with Gasteiger partial charge in [-0.3, -0.25) is 0 Å². The number of H-pyrrole nitrogens is 1. The van der Waals surface area contributed by atoms with Crippen LogP contribution >= 0.6 is 0 Å². The van der Waals surface area contributed by atoms with Gasteiger partial charge in [0.25, 0.3) is 0 Å². The molecule has 1 atom stereocenters. The number of aryl methyl sites for hydroxylation is 2. The van der Waals surface area contributed by atoms with Crippen molar-refractivity contribution in [2.24, 2.45) is 0 Å². The number of aromatic amines is 1. The lowest BCUT2D eigenvalue weighted by Gasteiger charge is -2.33. The van der Waals surface area contributed by atoms with Gasteiger partial charge in [0.05, 0.1) is 23.2 Å². The van der Waals surface area contributed by atoms with Crippen molar-refractivity contribution in [1.82, 2.24) is 29.5 Å².